The monoisotopic (exact) mass is 351 g/mol. The quantitative estimate of drug-likeness (QED) is 0.868. The summed E-state index contributed by atoms with van der Waals surface area (Å²) in [4.78, 5) is 12.1. The maximum Gasteiger partial charge on any atom is 0.283 e. The van der Waals surface area contributed by atoms with E-state index in [4.69, 9.17) is 4.74 Å². The minimum atomic E-state index is -0.114. The molecule has 0 atom stereocenters. The maximum absolute atomic E-state index is 12.1. The van der Waals surface area contributed by atoms with E-state index in [1.807, 2.05) is 31.2 Å². The van der Waals surface area contributed by atoms with Gasteiger partial charge in [-0.15, -0.1) is 0 Å². The van der Waals surface area contributed by atoms with Gasteiger partial charge in [-0.3, -0.25) is 4.79 Å². The van der Waals surface area contributed by atoms with Crippen LogP contribution in [0.15, 0.2) is 39.7 Å². The summed E-state index contributed by atoms with van der Waals surface area (Å²) in [5, 5.41) is 7.37. The van der Waals surface area contributed by atoms with Crippen molar-refractivity contribution < 1.29 is 4.74 Å². The Morgan fingerprint density at radius 2 is 2.05 bits per heavy atom. The molecular formula is C15H18BrN3O2. The predicted octanol–water partition coefficient (Wildman–Crippen LogP) is 3.04. The van der Waals surface area contributed by atoms with Crippen LogP contribution in [0, 0.1) is 0 Å². The molecule has 21 heavy (non-hydrogen) atoms. The van der Waals surface area contributed by atoms with Crippen LogP contribution in [0.3, 0.4) is 0 Å². The minimum Gasteiger partial charge on any atom is -0.497 e. The summed E-state index contributed by atoms with van der Waals surface area (Å²) in [5.41, 5.74) is 1.68. The van der Waals surface area contributed by atoms with Gasteiger partial charge in [0.25, 0.3) is 5.56 Å². The highest BCUT2D eigenvalue weighted by atomic mass is 79.9. The highest BCUT2D eigenvalue weighted by Gasteiger charge is 2.08. The van der Waals surface area contributed by atoms with Crippen molar-refractivity contribution in [3.05, 3.63) is 50.9 Å². The second kappa shape index (κ2) is 7.26. The first kappa shape index (κ1) is 15.6. The number of ether oxygens (including phenoxy) is 1. The Morgan fingerprint density at radius 3 is 2.67 bits per heavy atom. The van der Waals surface area contributed by atoms with Gasteiger partial charge in [-0.05, 0) is 40.0 Å². The molecule has 0 unspecified atom stereocenters. The Bertz CT molecular complexity index is 653. The number of nitrogens with one attached hydrogen (secondary N) is 1. The second-order valence-electron chi connectivity index (χ2n) is 4.60. The van der Waals surface area contributed by atoms with Crippen molar-refractivity contribution in [2.45, 2.75) is 26.4 Å². The molecule has 1 heterocycles. The first-order valence-electron chi connectivity index (χ1n) is 6.78. The molecule has 0 radical (unpaired) electrons. The van der Waals surface area contributed by atoms with Crippen LogP contribution in [-0.4, -0.2) is 16.9 Å². The molecule has 5 nitrogen and oxygen atoms in total. The highest BCUT2D eigenvalue weighted by molar-refractivity contribution is 9.10. The lowest BCUT2D eigenvalue weighted by Gasteiger charge is -2.10. The average Bonchev–Trinajstić information content (AvgIpc) is 2.52. The van der Waals surface area contributed by atoms with Crippen LogP contribution in [0.5, 0.6) is 5.75 Å². The number of anilines is 1. The summed E-state index contributed by atoms with van der Waals surface area (Å²) >= 11 is 3.34. The van der Waals surface area contributed by atoms with E-state index in [1.165, 1.54) is 4.68 Å². The Morgan fingerprint density at radius 1 is 1.33 bits per heavy atom. The SMILES string of the molecule is CCCn1ncc(NCc2ccc(OC)cc2)c(Br)c1=O. The van der Waals surface area contributed by atoms with E-state index < -0.39 is 0 Å². The summed E-state index contributed by atoms with van der Waals surface area (Å²) in [6.45, 7) is 3.25. The van der Waals surface area contributed by atoms with E-state index in [0.29, 0.717) is 23.2 Å². The third-order valence-electron chi connectivity index (χ3n) is 3.06. The smallest absolute Gasteiger partial charge is 0.283 e. The number of hydrogen-bond donors (Lipinski definition) is 1. The molecule has 0 aliphatic rings. The van der Waals surface area contributed by atoms with Crippen LogP contribution < -0.4 is 15.6 Å². The van der Waals surface area contributed by atoms with Gasteiger partial charge in [0.2, 0.25) is 0 Å². The summed E-state index contributed by atoms with van der Waals surface area (Å²) < 4.78 is 7.10. The fraction of sp³-hybridized carbons (Fsp3) is 0.333. The molecule has 1 aromatic carbocycles. The summed E-state index contributed by atoms with van der Waals surface area (Å²) in [6, 6.07) is 7.77. The van der Waals surface area contributed by atoms with E-state index in [9.17, 15) is 4.79 Å². The molecule has 112 valence electrons. The first-order valence-corrected chi connectivity index (χ1v) is 7.57. The third-order valence-corrected chi connectivity index (χ3v) is 3.83. The Kier molecular flexibility index (Phi) is 5.38. The molecule has 1 aromatic heterocycles. The van der Waals surface area contributed by atoms with Gasteiger partial charge < -0.3 is 10.1 Å². The lowest BCUT2D eigenvalue weighted by Crippen LogP contribution is -2.24. The van der Waals surface area contributed by atoms with E-state index in [1.54, 1.807) is 13.3 Å². The molecule has 0 saturated heterocycles. The predicted molar refractivity (Wildman–Crippen MR) is 86.8 cm³/mol. The van der Waals surface area contributed by atoms with Gasteiger partial charge in [-0.2, -0.15) is 5.10 Å². The van der Waals surface area contributed by atoms with Crippen LogP contribution in [0.4, 0.5) is 5.69 Å². The fourth-order valence-electron chi connectivity index (χ4n) is 1.90. The second-order valence-corrected chi connectivity index (χ2v) is 5.40. The van der Waals surface area contributed by atoms with Crippen molar-refractivity contribution in [3.63, 3.8) is 0 Å². The van der Waals surface area contributed by atoms with Crippen molar-refractivity contribution >= 4 is 21.6 Å². The Hall–Kier alpha value is -1.82. The largest absolute Gasteiger partial charge is 0.497 e. The number of benzene rings is 1. The molecule has 0 spiro atoms. The fourth-order valence-corrected chi connectivity index (χ4v) is 2.35. The number of halogens is 1. The first-order chi connectivity index (χ1) is 10.2. The zero-order valence-corrected chi connectivity index (χ0v) is 13.7. The van der Waals surface area contributed by atoms with E-state index in [-0.39, 0.29) is 5.56 Å². The minimum absolute atomic E-state index is 0.114. The molecule has 6 heteroatoms. The number of nitrogens with zero attached hydrogens (tertiary/aromatic N) is 2. The van der Waals surface area contributed by atoms with E-state index >= 15 is 0 Å². The number of methoxy groups -OCH3 is 1. The zero-order valence-electron chi connectivity index (χ0n) is 12.1. The normalized spacial score (nSPS) is 10.4. The van der Waals surface area contributed by atoms with Crippen LogP contribution in [0.2, 0.25) is 0 Å². The number of hydrogen-bond acceptors (Lipinski definition) is 4. The van der Waals surface area contributed by atoms with Gasteiger partial charge >= 0.3 is 0 Å². The number of aryl methyl sites for hydroxylation is 1. The van der Waals surface area contributed by atoms with Crippen molar-refractivity contribution in [2.24, 2.45) is 0 Å². The molecule has 2 aromatic rings. The number of rotatable bonds is 6. The van der Waals surface area contributed by atoms with Gasteiger partial charge in [0.15, 0.2) is 0 Å². The molecule has 0 bridgehead atoms. The van der Waals surface area contributed by atoms with Gasteiger partial charge in [0.05, 0.1) is 19.0 Å². The van der Waals surface area contributed by atoms with Gasteiger partial charge in [0.1, 0.15) is 10.2 Å². The van der Waals surface area contributed by atoms with E-state index in [2.05, 4.69) is 26.3 Å². The van der Waals surface area contributed by atoms with Crippen molar-refractivity contribution in [2.75, 3.05) is 12.4 Å². The van der Waals surface area contributed by atoms with Crippen LogP contribution in [-0.2, 0) is 13.1 Å². The molecule has 0 aliphatic heterocycles. The van der Waals surface area contributed by atoms with Crippen molar-refractivity contribution in [3.8, 4) is 5.75 Å². The van der Waals surface area contributed by atoms with Crippen molar-refractivity contribution in [1.29, 1.82) is 0 Å². The Labute approximate surface area is 132 Å². The van der Waals surface area contributed by atoms with Gasteiger partial charge in [-0.1, -0.05) is 19.1 Å². The summed E-state index contributed by atoms with van der Waals surface area (Å²) in [5.74, 6) is 0.823. The van der Waals surface area contributed by atoms with Gasteiger partial charge in [0, 0.05) is 13.1 Å². The maximum atomic E-state index is 12.1. The highest BCUT2D eigenvalue weighted by Crippen LogP contribution is 2.18. The standard InChI is InChI=1S/C15H18BrN3O2/c1-3-8-19-15(20)14(16)13(10-18-19)17-9-11-4-6-12(21-2)7-5-11/h4-7,10,17H,3,8-9H2,1-2H3. The zero-order chi connectivity index (χ0) is 15.2. The van der Waals surface area contributed by atoms with Crippen LogP contribution >= 0.6 is 15.9 Å². The summed E-state index contributed by atoms with van der Waals surface area (Å²) in [6.07, 6.45) is 2.54. The average molecular weight is 352 g/mol. The third kappa shape index (κ3) is 3.85. The molecule has 0 aliphatic carbocycles. The van der Waals surface area contributed by atoms with Crippen molar-refractivity contribution in [1.82, 2.24) is 9.78 Å². The Balaban J connectivity index is 2.09. The topological polar surface area (TPSA) is 56.1 Å². The summed E-state index contributed by atoms with van der Waals surface area (Å²) in [7, 11) is 1.64. The number of aromatic nitrogens is 2. The molecular weight excluding hydrogens is 334 g/mol. The lowest BCUT2D eigenvalue weighted by atomic mass is 10.2. The molecule has 1 N–H and O–H groups in total. The van der Waals surface area contributed by atoms with Gasteiger partial charge in [-0.25, -0.2) is 4.68 Å². The van der Waals surface area contributed by atoms with Crippen LogP contribution in [0.25, 0.3) is 0 Å². The molecule has 0 amide bonds. The van der Waals surface area contributed by atoms with Crippen LogP contribution in [0.1, 0.15) is 18.9 Å². The molecule has 0 saturated carbocycles. The molecule has 0 fully saturated rings. The molecule has 2 rings (SSSR count). The van der Waals surface area contributed by atoms with E-state index in [0.717, 1.165) is 17.7 Å². The lowest BCUT2D eigenvalue weighted by molar-refractivity contribution is 0.414.